The molecule has 1 saturated heterocycles. The van der Waals surface area contributed by atoms with Crippen LogP contribution in [0.5, 0.6) is 0 Å². The average Bonchev–Trinajstić information content (AvgIpc) is 3.18. The third-order valence-corrected chi connectivity index (χ3v) is 4.09. The summed E-state index contributed by atoms with van der Waals surface area (Å²) in [6.07, 6.45) is 1.14. The van der Waals surface area contributed by atoms with Crippen molar-refractivity contribution in [3.8, 4) is 0 Å². The van der Waals surface area contributed by atoms with Crippen LogP contribution in [0.2, 0.25) is 0 Å². The van der Waals surface area contributed by atoms with Crippen LogP contribution in [0, 0.1) is 5.82 Å². The number of carbonyl (C=O) groups is 3. The summed E-state index contributed by atoms with van der Waals surface area (Å²) in [7, 11) is 0. The third kappa shape index (κ3) is 4.27. The topological polar surface area (TPSA) is 82.9 Å². The molecule has 1 fully saturated rings. The van der Waals surface area contributed by atoms with Crippen LogP contribution >= 0.6 is 0 Å². The van der Waals surface area contributed by atoms with E-state index in [1.807, 2.05) is 0 Å². The summed E-state index contributed by atoms with van der Waals surface area (Å²) < 4.78 is 17.9. The molecule has 136 valence electrons. The fourth-order valence-electron chi connectivity index (χ4n) is 2.70. The number of furan rings is 1. The van der Waals surface area contributed by atoms with Gasteiger partial charge in [-0.3, -0.25) is 14.4 Å². The van der Waals surface area contributed by atoms with Gasteiger partial charge in [0.2, 0.25) is 11.8 Å². The van der Waals surface area contributed by atoms with E-state index in [1.165, 1.54) is 30.5 Å². The Kier molecular flexibility index (Phi) is 5.31. The number of benzene rings is 1. The number of halogens is 1. The average molecular weight is 359 g/mol. The second kappa shape index (κ2) is 7.81. The summed E-state index contributed by atoms with van der Waals surface area (Å²) in [5.74, 6) is -1.12. The standard InChI is InChI=1S/C18H18FN3O4/c19-13-3-5-14(6-4-13)20-16(23)12-17(24)21-7-9-22(10-8-21)18(25)15-2-1-11-26-15/h1-6,11H,7-10,12H2,(H,20,23). The first kappa shape index (κ1) is 17.7. The first-order chi connectivity index (χ1) is 12.5. The lowest BCUT2D eigenvalue weighted by atomic mass is 10.2. The number of anilines is 1. The zero-order chi connectivity index (χ0) is 18.5. The molecule has 1 aliphatic heterocycles. The van der Waals surface area contributed by atoms with Gasteiger partial charge in [-0.15, -0.1) is 0 Å². The Labute approximate surface area is 149 Å². The van der Waals surface area contributed by atoms with Gasteiger partial charge in [-0.05, 0) is 36.4 Å². The van der Waals surface area contributed by atoms with Crippen molar-refractivity contribution in [2.75, 3.05) is 31.5 Å². The molecule has 1 aromatic heterocycles. The first-order valence-corrected chi connectivity index (χ1v) is 8.19. The fourth-order valence-corrected chi connectivity index (χ4v) is 2.70. The lowest BCUT2D eigenvalue weighted by Crippen LogP contribution is -2.51. The molecule has 0 aliphatic carbocycles. The maximum atomic E-state index is 12.8. The normalized spacial score (nSPS) is 14.2. The van der Waals surface area contributed by atoms with E-state index in [4.69, 9.17) is 4.42 Å². The molecule has 0 bridgehead atoms. The van der Waals surface area contributed by atoms with Gasteiger partial charge in [-0.25, -0.2) is 4.39 Å². The molecule has 0 spiro atoms. The van der Waals surface area contributed by atoms with E-state index in [1.54, 1.807) is 21.9 Å². The van der Waals surface area contributed by atoms with E-state index in [9.17, 15) is 18.8 Å². The Morgan fingerprint density at radius 1 is 1.00 bits per heavy atom. The van der Waals surface area contributed by atoms with E-state index in [0.717, 1.165) is 0 Å². The molecule has 0 atom stereocenters. The largest absolute Gasteiger partial charge is 0.459 e. The number of carbonyl (C=O) groups excluding carboxylic acids is 3. The first-order valence-electron chi connectivity index (χ1n) is 8.19. The quantitative estimate of drug-likeness (QED) is 0.843. The van der Waals surface area contributed by atoms with E-state index in [-0.39, 0.29) is 24.0 Å². The molecule has 7 nitrogen and oxygen atoms in total. The van der Waals surface area contributed by atoms with Crippen LogP contribution in [-0.4, -0.2) is 53.7 Å². The third-order valence-electron chi connectivity index (χ3n) is 4.09. The number of amides is 3. The Morgan fingerprint density at radius 2 is 1.65 bits per heavy atom. The van der Waals surface area contributed by atoms with Gasteiger partial charge in [0, 0.05) is 31.9 Å². The molecule has 3 rings (SSSR count). The molecule has 1 aromatic carbocycles. The Balaban J connectivity index is 1.46. The maximum absolute atomic E-state index is 12.8. The highest BCUT2D eigenvalue weighted by molar-refractivity contribution is 6.03. The second-order valence-electron chi connectivity index (χ2n) is 5.88. The highest BCUT2D eigenvalue weighted by Crippen LogP contribution is 2.12. The fraction of sp³-hybridized carbons (Fsp3) is 0.278. The van der Waals surface area contributed by atoms with Crippen molar-refractivity contribution in [3.63, 3.8) is 0 Å². The van der Waals surface area contributed by atoms with Gasteiger partial charge in [0.15, 0.2) is 5.76 Å². The maximum Gasteiger partial charge on any atom is 0.289 e. The number of hydrogen-bond donors (Lipinski definition) is 1. The van der Waals surface area contributed by atoms with E-state index in [0.29, 0.717) is 31.9 Å². The lowest BCUT2D eigenvalue weighted by molar-refractivity contribution is -0.135. The van der Waals surface area contributed by atoms with Crippen LogP contribution in [0.4, 0.5) is 10.1 Å². The molecule has 3 amide bonds. The van der Waals surface area contributed by atoms with Crippen LogP contribution < -0.4 is 5.32 Å². The van der Waals surface area contributed by atoms with Gasteiger partial charge < -0.3 is 19.5 Å². The monoisotopic (exact) mass is 359 g/mol. The predicted octanol–water partition coefficient (Wildman–Crippen LogP) is 1.73. The Morgan fingerprint density at radius 3 is 2.27 bits per heavy atom. The minimum absolute atomic E-state index is 0.212. The van der Waals surface area contributed by atoms with Crippen LogP contribution in [0.25, 0.3) is 0 Å². The van der Waals surface area contributed by atoms with E-state index >= 15 is 0 Å². The summed E-state index contributed by atoms with van der Waals surface area (Å²) in [6, 6.07) is 8.55. The summed E-state index contributed by atoms with van der Waals surface area (Å²) >= 11 is 0. The van der Waals surface area contributed by atoms with Gasteiger partial charge in [0.25, 0.3) is 5.91 Å². The van der Waals surface area contributed by atoms with E-state index < -0.39 is 11.7 Å². The summed E-state index contributed by atoms with van der Waals surface area (Å²) in [6.45, 7) is 1.47. The van der Waals surface area contributed by atoms with Gasteiger partial charge in [0.1, 0.15) is 12.2 Å². The van der Waals surface area contributed by atoms with Gasteiger partial charge >= 0.3 is 0 Å². The van der Waals surface area contributed by atoms with Crippen molar-refractivity contribution >= 4 is 23.4 Å². The SMILES string of the molecule is O=C(CC(=O)N1CCN(C(=O)c2ccco2)CC1)Nc1ccc(F)cc1. The van der Waals surface area contributed by atoms with Crippen molar-refractivity contribution in [2.24, 2.45) is 0 Å². The molecule has 0 unspecified atom stereocenters. The zero-order valence-electron chi connectivity index (χ0n) is 14.0. The Hall–Kier alpha value is -3.16. The molecule has 1 N–H and O–H groups in total. The second-order valence-corrected chi connectivity index (χ2v) is 5.88. The van der Waals surface area contributed by atoms with E-state index in [2.05, 4.69) is 5.32 Å². The molecular weight excluding hydrogens is 341 g/mol. The number of nitrogens with one attached hydrogen (secondary N) is 1. The minimum Gasteiger partial charge on any atom is -0.459 e. The molecule has 26 heavy (non-hydrogen) atoms. The molecule has 0 saturated carbocycles. The van der Waals surface area contributed by atoms with Crippen molar-refractivity contribution in [1.82, 2.24) is 9.80 Å². The smallest absolute Gasteiger partial charge is 0.289 e. The molecule has 0 radical (unpaired) electrons. The van der Waals surface area contributed by atoms with Gasteiger partial charge in [-0.1, -0.05) is 0 Å². The number of hydrogen-bond acceptors (Lipinski definition) is 4. The van der Waals surface area contributed by atoms with Crippen molar-refractivity contribution < 1.29 is 23.2 Å². The van der Waals surface area contributed by atoms with Crippen molar-refractivity contribution in [3.05, 3.63) is 54.2 Å². The van der Waals surface area contributed by atoms with Crippen LogP contribution in [0.15, 0.2) is 47.1 Å². The summed E-state index contributed by atoms with van der Waals surface area (Å²) in [5.41, 5.74) is 0.429. The molecular formula is C18H18FN3O4. The molecule has 2 aromatic rings. The van der Waals surface area contributed by atoms with Gasteiger partial charge in [0.05, 0.1) is 6.26 Å². The highest BCUT2D eigenvalue weighted by atomic mass is 19.1. The highest BCUT2D eigenvalue weighted by Gasteiger charge is 2.26. The molecule has 8 heteroatoms. The number of piperazine rings is 1. The van der Waals surface area contributed by atoms with Crippen LogP contribution in [0.3, 0.4) is 0 Å². The van der Waals surface area contributed by atoms with Crippen LogP contribution in [-0.2, 0) is 9.59 Å². The summed E-state index contributed by atoms with van der Waals surface area (Å²) in [5, 5.41) is 2.55. The zero-order valence-corrected chi connectivity index (χ0v) is 14.0. The van der Waals surface area contributed by atoms with Gasteiger partial charge in [-0.2, -0.15) is 0 Å². The lowest BCUT2D eigenvalue weighted by Gasteiger charge is -2.34. The summed E-state index contributed by atoms with van der Waals surface area (Å²) in [4.78, 5) is 39.5. The Bertz CT molecular complexity index is 781. The van der Waals surface area contributed by atoms with Crippen molar-refractivity contribution in [2.45, 2.75) is 6.42 Å². The molecule has 1 aliphatic rings. The minimum atomic E-state index is -0.462. The number of nitrogens with zero attached hydrogens (tertiary/aromatic N) is 2. The van der Waals surface area contributed by atoms with Crippen molar-refractivity contribution in [1.29, 1.82) is 0 Å². The number of rotatable bonds is 4. The molecule has 2 heterocycles. The predicted molar refractivity (Wildman–Crippen MR) is 90.8 cm³/mol. The van der Waals surface area contributed by atoms with Crippen LogP contribution in [0.1, 0.15) is 17.0 Å².